The van der Waals surface area contributed by atoms with Crippen molar-refractivity contribution in [1.29, 1.82) is 0 Å². The molecule has 0 atom stereocenters. The lowest BCUT2D eigenvalue weighted by Gasteiger charge is -2.29. The molecule has 4 aromatic rings. The maximum Gasteiger partial charge on any atom is 0.250 e. The molecule has 4 heterocycles. The van der Waals surface area contributed by atoms with E-state index in [1.165, 1.54) is 28.2 Å². The van der Waals surface area contributed by atoms with Gasteiger partial charge in [-0.3, -0.25) is 4.90 Å². The second kappa shape index (κ2) is 10.9. The van der Waals surface area contributed by atoms with Crippen LogP contribution in [0.4, 0.5) is 0 Å². The van der Waals surface area contributed by atoms with Crippen molar-refractivity contribution in [3.8, 4) is 16.3 Å². The van der Waals surface area contributed by atoms with Crippen molar-refractivity contribution in [3.05, 3.63) is 78.2 Å². The summed E-state index contributed by atoms with van der Waals surface area (Å²) in [5.41, 5.74) is 4.00. The van der Waals surface area contributed by atoms with Crippen molar-refractivity contribution in [2.24, 2.45) is 0 Å². The molecule has 1 aromatic carbocycles. The third-order valence-electron chi connectivity index (χ3n) is 5.90. The highest BCUT2D eigenvalue weighted by Crippen LogP contribution is 2.30. The molecule has 0 saturated heterocycles. The number of thiophene rings is 1. The van der Waals surface area contributed by atoms with Crippen LogP contribution in [0, 0.1) is 0 Å². The number of aromatic nitrogens is 2. The summed E-state index contributed by atoms with van der Waals surface area (Å²) in [5.74, 6) is 0.574. The van der Waals surface area contributed by atoms with Crippen LogP contribution in [0.3, 0.4) is 0 Å². The molecule has 3 aromatic heterocycles. The normalized spacial score (nSPS) is 14.0. The van der Waals surface area contributed by atoms with E-state index in [9.17, 15) is 8.42 Å². The molecule has 180 valence electrons. The Morgan fingerprint density at radius 1 is 1.06 bits per heavy atom. The standard InChI is InChI=1S/C24H26N4O3S2.ClH/c29-33(30,24-8-7-23(32-24)22-9-12-25-31-22)26-11-1-2-13-27-16-10-19-5-6-21(17-20(19)18-27)28-14-3-4-15-28;/h3-9,12,14-15,17,26H,1-2,10-11,13,16,18H2;1H. The first-order chi connectivity index (χ1) is 16.1. The maximum absolute atomic E-state index is 12.6. The van der Waals surface area contributed by atoms with Crippen molar-refractivity contribution in [2.75, 3.05) is 19.6 Å². The van der Waals surface area contributed by atoms with Gasteiger partial charge in [0.25, 0.3) is 0 Å². The number of benzene rings is 1. The Balaban J connectivity index is 0.00000274. The molecule has 0 aliphatic carbocycles. The molecule has 0 unspecified atom stereocenters. The summed E-state index contributed by atoms with van der Waals surface area (Å²) in [5, 5.41) is 3.67. The lowest BCUT2D eigenvalue weighted by atomic mass is 9.99. The molecular formula is C24H27ClN4O3S2. The van der Waals surface area contributed by atoms with Crippen LogP contribution >= 0.6 is 23.7 Å². The predicted molar refractivity (Wildman–Crippen MR) is 136 cm³/mol. The van der Waals surface area contributed by atoms with Gasteiger partial charge in [-0.15, -0.1) is 23.7 Å². The Bertz CT molecular complexity index is 1300. The predicted octanol–water partition coefficient (Wildman–Crippen LogP) is 4.73. The van der Waals surface area contributed by atoms with Gasteiger partial charge < -0.3 is 9.09 Å². The third kappa shape index (κ3) is 5.61. The molecule has 34 heavy (non-hydrogen) atoms. The minimum atomic E-state index is -3.51. The number of hydrogen-bond donors (Lipinski definition) is 1. The number of sulfonamides is 1. The van der Waals surface area contributed by atoms with Crippen LogP contribution in [0.1, 0.15) is 24.0 Å². The van der Waals surface area contributed by atoms with Crippen LogP contribution in [-0.4, -0.2) is 42.7 Å². The van der Waals surface area contributed by atoms with Crippen LogP contribution in [0.15, 0.2) is 75.9 Å². The second-order valence-electron chi connectivity index (χ2n) is 8.17. The number of nitrogens with zero attached hydrogens (tertiary/aromatic N) is 3. The van der Waals surface area contributed by atoms with Crippen molar-refractivity contribution in [2.45, 2.75) is 30.0 Å². The molecule has 7 nitrogen and oxygen atoms in total. The first kappa shape index (κ1) is 24.7. The maximum atomic E-state index is 12.6. The van der Waals surface area contributed by atoms with Crippen LogP contribution in [-0.2, 0) is 23.0 Å². The largest absolute Gasteiger partial charge is 0.355 e. The lowest BCUT2D eigenvalue weighted by molar-refractivity contribution is 0.249. The van der Waals surface area contributed by atoms with Gasteiger partial charge in [0.2, 0.25) is 10.0 Å². The van der Waals surface area contributed by atoms with Gasteiger partial charge in [-0.2, -0.15) is 0 Å². The van der Waals surface area contributed by atoms with Gasteiger partial charge in [0, 0.05) is 43.8 Å². The summed E-state index contributed by atoms with van der Waals surface area (Å²) in [6.07, 6.45) is 8.47. The number of fused-ring (bicyclic) bond motifs is 1. The molecule has 0 bridgehead atoms. The minimum absolute atomic E-state index is 0. The topological polar surface area (TPSA) is 80.4 Å². The number of hydrogen-bond acceptors (Lipinski definition) is 6. The first-order valence-corrected chi connectivity index (χ1v) is 13.4. The van der Waals surface area contributed by atoms with Crippen molar-refractivity contribution < 1.29 is 12.9 Å². The summed E-state index contributed by atoms with van der Waals surface area (Å²) in [6, 6.07) is 15.9. The number of rotatable bonds is 9. The quantitative estimate of drug-likeness (QED) is 0.324. The van der Waals surface area contributed by atoms with Gasteiger partial charge in [0.1, 0.15) is 4.21 Å². The molecule has 1 N–H and O–H groups in total. The zero-order valence-corrected chi connectivity index (χ0v) is 21.0. The summed E-state index contributed by atoms with van der Waals surface area (Å²) >= 11 is 1.18. The number of unbranched alkanes of at least 4 members (excludes halogenated alkanes) is 1. The average Bonchev–Trinajstić information content (AvgIpc) is 3.60. The molecule has 0 radical (unpaired) electrons. The Kier molecular flexibility index (Phi) is 7.90. The molecule has 0 saturated carbocycles. The van der Waals surface area contributed by atoms with E-state index in [2.05, 4.69) is 49.9 Å². The van der Waals surface area contributed by atoms with Gasteiger partial charge >= 0.3 is 0 Å². The first-order valence-electron chi connectivity index (χ1n) is 11.1. The van der Waals surface area contributed by atoms with E-state index in [0.717, 1.165) is 43.8 Å². The van der Waals surface area contributed by atoms with Gasteiger partial charge in [0.15, 0.2) is 5.76 Å². The minimum Gasteiger partial charge on any atom is -0.355 e. The van der Waals surface area contributed by atoms with E-state index in [1.54, 1.807) is 24.4 Å². The van der Waals surface area contributed by atoms with Crippen molar-refractivity contribution in [1.82, 2.24) is 19.3 Å². The Hall–Kier alpha value is -2.43. The van der Waals surface area contributed by atoms with E-state index in [1.807, 2.05) is 12.1 Å². The van der Waals surface area contributed by atoms with Crippen LogP contribution in [0.2, 0.25) is 0 Å². The lowest BCUT2D eigenvalue weighted by Crippen LogP contribution is -2.32. The highest BCUT2D eigenvalue weighted by molar-refractivity contribution is 7.91. The van der Waals surface area contributed by atoms with Gasteiger partial charge in [-0.05, 0) is 73.3 Å². The summed E-state index contributed by atoms with van der Waals surface area (Å²) in [6.45, 7) is 3.38. The fourth-order valence-electron chi connectivity index (χ4n) is 4.14. The van der Waals surface area contributed by atoms with Crippen molar-refractivity contribution in [3.63, 3.8) is 0 Å². The van der Waals surface area contributed by atoms with Gasteiger partial charge in [-0.25, -0.2) is 13.1 Å². The molecule has 1 aliphatic heterocycles. The highest BCUT2D eigenvalue weighted by atomic mass is 35.5. The van der Waals surface area contributed by atoms with E-state index >= 15 is 0 Å². The average molecular weight is 519 g/mol. The Morgan fingerprint density at radius 2 is 1.91 bits per heavy atom. The fraction of sp³-hybridized carbons (Fsp3) is 0.292. The number of nitrogens with one attached hydrogen (secondary N) is 1. The highest BCUT2D eigenvalue weighted by Gasteiger charge is 2.19. The van der Waals surface area contributed by atoms with E-state index < -0.39 is 10.0 Å². The van der Waals surface area contributed by atoms with Crippen LogP contribution in [0.5, 0.6) is 0 Å². The summed E-state index contributed by atoms with van der Waals surface area (Å²) in [7, 11) is -3.51. The molecule has 1 aliphatic rings. The fourth-order valence-corrected chi connectivity index (χ4v) is 6.52. The monoisotopic (exact) mass is 518 g/mol. The van der Waals surface area contributed by atoms with Gasteiger partial charge in [0.05, 0.1) is 11.1 Å². The molecule has 0 spiro atoms. The second-order valence-corrected chi connectivity index (χ2v) is 11.2. The van der Waals surface area contributed by atoms with Crippen LogP contribution in [0.25, 0.3) is 16.3 Å². The molecule has 0 fully saturated rings. The van der Waals surface area contributed by atoms with Gasteiger partial charge in [-0.1, -0.05) is 11.2 Å². The van der Waals surface area contributed by atoms with E-state index in [0.29, 0.717) is 16.5 Å². The van der Waals surface area contributed by atoms with E-state index in [4.69, 9.17) is 4.52 Å². The molecule has 0 amide bonds. The SMILES string of the molecule is Cl.O=S(=O)(NCCCCN1CCc2ccc(-n3cccc3)cc2C1)c1ccc(-c2ccno2)s1. The molecule has 5 rings (SSSR count). The Morgan fingerprint density at radius 3 is 2.71 bits per heavy atom. The Labute approximate surface area is 209 Å². The molecule has 10 heteroatoms. The smallest absolute Gasteiger partial charge is 0.250 e. The van der Waals surface area contributed by atoms with Crippen LogP contribution < -0.4 is 4.72 Å². The number of halogens is 1. The van der Waals surface area contributed by atoms with E-state index in [-0.39, 0.29) is 12.4 Å². The zero-order chi connectivity index (χ0) is 22.7. The van der Waals surface area contributed by atoms with Crippen molar-refractivity contribution >= 4 is 33.8 Å². The zero-order valence-electron chi connectivity index (χ0n) is 18.6. The summed E-state index contributed by atoms with van der Waals surface area (Å²) in [4.78, 5) is 3.21. The summed E-state index contributed by atoms with van der Waals surface area (Å²) < 4.78 is 35.4. The molecular weight excluding hydrogens is 492 g/mol. The third-order valence-corrected chi connectivity index (χ3v) is 8.96.